The van der Waals surface area contributed by atoms with Gasteiger partial charge in [-0.15, -0.1) is 11.3 Å². The number of carbonyl (C=O) groups is 3. The smallest absolute Gasteiger partial charge is 0.315 e. The summed E-state index contributed by atoms with van der Waals surface area (Å²) < 4.78 is 9.87. The van der Waals surface area contributed by atoms with Gasteiger partial charge in [0.2, 0.25) is 5.91 Å². The van der Waals surface area contributed by atoms with Crippen LogP contribution < -0.4 is 5.32 Å². The Morgan fingerprint density at radius 1 is 1.12 bits per heavy atom. The highest BCUT2D eigenvalue weighted by Crippen LogP contribution is 2.16. The minimum atomic E-state index is -0.621. The predicted octanol–water partition coefficient (Wildman–Crippen LogP) is 2.32. The summed E-state index contributed by atoms with van der Waals surface area (Å²) in [6.45, 7) is 2.15. The summed E-state index contributed by atoms with van der Waals surface area (Å²) in [5.74, 6) is -1.52. The maximum atomic E-state index is 11.8. The number of nitrogens with one attached hydrogen (secondary N) is 1. The summed E-state index contributed by atoms with van der Waals surface area (Å²) in [6, 6.07) is 9.20. The average molecular weight is 362 g/mol. The zero-order valence-electron chi connectivity index (χ0n) is 13.7. The van der Waals surface area contributed by atoms with Crippen molar-refractivity contribution in [3.8, 4) is 0 Å². The molecular weight excluding hydrogens is 344 g/mol. The van der Waals surface area contributed by atoms with Gasteiger partial charge in [-0.2, -0.15) is 0 Å². The molecule has 0 saturated carbocycles. The number of nitrogens with zero attached hydrogens (tertiary/aromatic N) is 1. The molecule has 0 radical (unpaired) electrons. The Morgan fingerprint density at radius 2 is 1.88 bits per heavy atom. The van der Waals surface area contributed by atoms with Crippen molar-refractivity contribution in [3.05, 3.63) is 47.0 Å². The van der Waals surface area contributed by atoms with Crippen LogP contribution in [0, 0.1) is 0 Å². The minimum Gasteiger partial charge on any atom is -0.466 e. The lowest BCUT2D eigenvalue weighted by Gasteiger charge is -2.04. The maximum absolute atomic E-state index is 11.8. The molecule has 1 amide bonds. The summed E-state index contributed by atoms with van der Waals surface area (Å²) in [6.07, 6.45) is -0.362. The van der Waals surface area contributed by atoms with Crippen molar-refractivity contribution >= 4 is 34.3 Å². The van der Waals surface area contributed by atoms with E-state index in [0.29, 0.717) is 17.4 Å². The standard InChI is InChI=1S/C17H18N2O5S/c1-2-23-15(21)8-13-11-25-17(18-13)19-14(20)9-16(22)24-10-12-6-4-3-5-7-12/h3-7,11H,2,8-10H2,1H3,(H,18,19,20). The highest BCUT2D eigenvalue weighted by Gasteiger charge is 2.14. The molecule has 1 N–H and O–H groups in total. The van der Waals surface area contributed by atoms with Gasteiger partial charge >= 0.3 is 11.9 Å². The van der Waals surface area contributed by atoms with Gasteiger partial charge in [-0.3, -0.25) is 14.4 Å². The molecule has 7 nitrogen and oxygen atoms in total. The predicted molar refractivity (Wildman–Crippen MR) is 91.9 cm³/mol. The number of ether oxygens (including phenoxy) is 2. The SMILES string of the molecule is CCOC(=O)Cc1csc(NC(=O)CC(=O)OCc2ccccc2)n1. The molecule has 0 unspecified atom stereocenters. The van der Waals surface area contributed by atoms with E-state index >= 15 is 0 Å². The number of hydrogen-bond acceptors (Lipinski definition) is 7. The second kappa shape index (κ2) is 9.53. The van der Waals surface area contributed by atoms with Gasteiger partial charge in [0.1, 0.15) is 13.0 Å². The first-order valence-electron chi connectivity index (χ1n) is 7.66. The van der Waals surface area contributed by atoms with Gasteiger partial charge in [-0.05, 0) is 12.5 Å². The topological polar surface area (TPSA) is 94.6 Å². The van der Waals surface area contributed by atoms with Gasteiger partial charge in [0, 0.05) is 5.38 Å². The number of amides is 1. The largest absolute Gasteiger partial charge is 0.466 e. The van der Waals surface area contributed by atoms with Gasteiger partial charge in [-0.1, -0.05) is 30.3 Å². The second-order valence-electron chi connectivity index (χ2n) is 5.00. The van der Waals surface area contributed by atoms with Crippen LogP contribution in [0.1, 0.15) is 24.6 Å². The third-order valence-electron chi connectivity index (χ3n) is 2.98. The first kappa shape index (κ1) is 18.6. The van der Waals surface area contributed by atoms with Gasteiger partial charge < -0.3 is 14.8 Å². The summed E-state index contributed by atoms with van der Waals surface area (Å²) in [5.41, 5.74) is 1.35. The van der Waals surface area contributed by atoms with Crippen LogP contribution in [-0.2, 0) is 36.9 Å². The molecule has 8 heteroatoms. The number of hydrogen-bond donors (Lipinski definition) is 1. The van der Waals surface area contributed by atoms with E-state index in [-0.39, 0.29) is 19.0 Å². The van der Waals surface area contributed by atoms with Crippen molar-refractivity contribution in [1.29, 1.82) is 0 Å². The van der Waals surface area contributed by atoms with E-state index < -0.39 is 18.3 Å². The van der Waals surface area contributed by atoms with E-state index in [1.54, 1.807) is 12.3 Å². The molecule has 132 valence electrons. The van der Waals surface area contributed by atoms with Crippen LogP contribution in [0.3, 0.4) is 0 Å². The first-order chi connectivity index (χ1) is 12.1. The van der Waals surface area contributed by atoms with E-state index in [1.807, 2.05) is 30.3 Å². The van der Waals surface area contributed by atoms with Crippen LogP contribution in [0.2, 0.25) is 0 Å². The summed E-state index contributed by atoms with van der Waals surface area (Å²) in [7, 11) is 0. The number of thiazole rings is 1. The van der Waals surface area contributed by atoms with Crippen LogP contribution in [0.15, 0.2) is 35.7 Å². The normalized spacial score (nSPS) is 10.1. The molecule has 2 rings (SSSR count). The Labute approximate surface area is 149 Å². The van der Waals surface area contributed by atoms with Crippen LogP contribution >= 0.6 is 11.3 Å². The molecule has 0 fully saturated rings. The summed E-state index contributed by atoms with van der Waals surface area (Å²) in [5, 5.41) is 4.48. The Morgan fingerprint density at radius 3 is 2.60 bits per heavy atom. The van der Waals surface area contributed by atoms with Crippen molar-refractivity contribution in [3.63, 3.8) is 0 Å². The molecule has 0 aliphatic rings. The number of aromatic nitrogens is 1. The molecule has 0 bridgehead atoms. The molecule has 25 heavy (non-hydrogen) atoms. The van der Waals surface area contributed by atoms with Gasteiger partial charge in [0.05, 0.1) is 18.7 Å². The van der Waals surface area contributed by atoms with Gasteiger partial charge in [0.15, 0.2) is 5.13 Å². The Bertz CT molecular complexity index is 730. The van der Waals surface area contributed by atoms with Crippen molar-refractivity contribution < 1.29 is 23.9 Å². The lowest BCUT2D eigenvalue weighted by molar-refractivity contribution is -0.147. The molecular formula is C17H18N2O5S. The second-order valence-corrected chi connectivity index (χ2v) is 5.86. The molecule has 0 aliphatic carbocycles. The fraction of sp³-hybridized carbons (Fsp3) is 0.294. The fourth-order valence-electron chi connectivity index (χ4n) is 1.89. The van der Waals surface area contributed by atoms with E-state index in [1.165, 1.54) is 11.3 Å². The third-order valence-corrected chi connectivity index (χ3v) is 3.78. The minimum absolute atomic E-state index is 0.0410. The molecule has 0 spiro atoms. The lowest BCUT2D eigenvalue weighted by Crippen LogP contribution is -2.18. The number of esters is 2. The van der Waals surface area contributed by atoms with Gasteiger partial charge in [0.25, 0.3) is 0 Å². The average Bonchev–Trinajstić information content (AvgIpc) is 3.00. The Kier molecular flexibility index (Phi) is 7.09. The molecule has 0 atom stereocenters. The highest BCUT2D eigenvalue weighted by molar-refractivity contribution is 7.13. The number of rotatable bonds is 8. The number of anilines is 1. The fourth-order valence-corrected chi connectivity index (χ4v) is 2.62. The van der Waals surface area contributed by atoms with Gasteiger partial charge in [-0.25, -0.2) is 4.98 Å². The zero-order chi connectivity index (χ0) is 18.1. The van der Waals surface area contributed by atoms with Crippen molar-refractivity contribution in [2.24, 2.45) is 0 Å². The molecule has 0 saturated heterocycles. The zero-order valence-corrected chi connectivity index (χ0v) is 14.5. The van der Waals surface area contributed by atoms with E-state index in [4.69, 9.17) is 9.47 Å². The summed E-state index contributed by atoms with van der Waals surface area (Å²) in [4.78, 5) is 39.0. The lowest BCUT2D eigenvalue weighted by atomic mass is 10.2. The molecule has 1 aromatic heterocycles. The molecule has 2 aromatic rings. The van der Waals surface area contributed by atoms with Crippen LogP contribution in [0.5, 0.6) is 0 Å². The first-order valence-corrected chi connectivity index (χ1v) is 8.54. The molecule has 1 aromatic carbocycles. The van der Waals surface area contributed by atoms with Crippen LogP contribution in [0.25, 0.3) is 0 Å². The highest BCUT2D eigenvalue weighted by atomic mass is 32.1. The molecule has 1 heterocycles. The quantitative estimate of drug-likeness (QED) is 0.572. The van der Waals surface area contributed by atoms with Crippen LogP contribution in [0.4, 0.5) is 5.13 Å². The summed E-state index contributed by atoms with van der Waals surface area (Å²) >= 11 is 1.17. The third kappa shape index (κ3) is 6.72. The Hall–Kier alpha value is -2.74. The molecule has 0 aliphatic heterocycles. The van der Waals surface area contributed by atoms with Crippen molar-refractivity contribution in [2.75, 3.05) is 11.9 Å². The van der Waals surface area contributed by atoms with E-state index in [2.05, 4.69) is 10.3 Å². The van der Waals surface area contributed by atoms with Crippen molar-refractivity contribution in [1.82, 2.24) is 4.98 Å². The van der Waals surface area contributed by atoms with E-state index in [9.17, 15) is 14.4 Å². The number of benzene rings is 1. The van der Waals surface area contributed by atoms with Crippen LogP contribution in [-0.4, -0.2) is 29.4 Å². The van der Waals surface area contributed by atoms with E-state index in [0.717, 1.165) is 5.56 Å². The monoisotopic (exact) mass is 362 g/mol. The Balaban J connectivity index is 1.75. The maximum Gasteiger partial charge on any atom is 0.315 e. The van der Waals surface area contributed by atoms with Crippen molar-refractivity contribution in [2.45, 2.75) is 26.4 Å². The number of carbonyl (C=O) groups excluding carboxylic acids is 3.